The molecular formula is C24H22N2O7. The predicted molar refractivity (Wildman–Crippen MR) is 117 cm³/mol. The Hall–Kier alpha value is -3.72. The lowest BCUT2D eigenvalue weighted by Crippen LogP contribution is -2.44. The highest BCUT2D eigenvalue weighted by molar-refractivity contribution is 5.90. The molecule has 4 heterocycles. The number of carbonyl (C=O) groups excluding carboxylic acids is 2. The molecule has 0 spiro atoms. The van der Waals surface area contributed by atoms with E-state index in [0.717, 1.165) is 5.39 Å². The number of methoxy groups -OCH3 is 2. The molecule has 1 N–H and O–H groups in total. The van der Waals surface area contributed by atoms with Crippen LogP contribution in [0.15, 0.2) is 35.1 Å². The zero-order valence-corrected chi connectivity index (χ0v) is 18.4. The first-order valence-electron chi connectivity index (χ1n) is 10.6. The number of ether oxygens (including phenoxy) is 3. The van der Waals surface area contributed by atoms with E-state index >= 15 is 0 Å². The third-order valence-electron chi connectivity index (χ3n) is 6.55. The first-order valence-corrected chi connectivity index (χ1v) is 10.6. The van der Waals surface area contributed by atoms with E-state index in [2.05, 4.69) is 0 Å². The van der Waals surface area contributed by atoms with Crippen LogP contribution in [-0.4, -0.2) is 40.8 Å². The number of rotatable bonds is 4. The number of benzene rings is 1. The second-order valence-corrected chi connectivity index (χ2v) is 8.14. The molecule has 33 heavy (non-hydrogen) atoms. The van der Waals surface area contributed by atoms with Gasteiger partial charge in [-0.3, -0.25) is 14.2 Å². The van der Waals surface area contributed by atoms with Crippen molar-refractivity contribution >= 4 is 22.8 Å². The third kappa shape index (κ3) is 2.88. The van der Waals surface area contributed by atoms with Gasteiger partial charge in [0.15, 0.2) is 5.60 Å². The van der Waals surface area contributed by atoms with Gasteiger partial charge >= 0.3 is 11.9 Å². The van der Waals surface area contributed by atoms with Gasteiger partial charge in [0.05, 0.1) is 49.2 Å². The minimum atomic E-state index is -1.93. The van der Waals surface area contributed by atoms with Gasteiger partial charge in [-0.1, -0.05) is 13.0 Å². The number of cyclic esters (lactones) is 1. The summed E-state index contributed by atoms with van der Waals surface area (Å²) in [7, 11) is 2.85. The van der Waals surface area contributed by atoms with Crippen molar-refractivity contribution in [3.8, 4) is 17.1 Å². The highest BCUT2D eigenvalue weighted by Crippen LogP contribution is 2.44. The summed E-state index contributed by atoms with van der Waals surface area (Å²) in [6, 6.07) is 8.26. The molecule has 170 valence electrons. The monoisotopic (exact) mass is 450 g/mol. The molecule has 0 aliphatic carbocycles. The maximum atomic E-state index is 13.6. The molecular weight excluding hydrogens is 428 g/mol. The van der Waals surface area contributed by atoms with Crippen molar-refractivity contribution in [1.82, 2.24) is 9.55 Å². The molecule has 2 atom stereocenters. The summed E-state index contributed by atoms with van der Waals surface area (Å²) in [6.07, 6.45) is -0.0438. The number of carbonyl (C=O) groups is 2. The van der Waals surface area contributed by atoms with E-state index in [4.69, 9.17) is 19.2 Å². The average molecular weight is 450 g/mol. The van der Waals surface area contributed by atoms with E-state index in [1.165, 1.54) is 11.7 Å². The van der Waals surface area contributed by atoms with Gasteiger partial charge in [0.1, 0.15) is 12.4 Å². The normalized spacial score (nSPS) is 20.6. The van der Waals surface area contributed by atoms with Crippen LogP contribution < -0.4 is 10.3 Å². The first-order chi connectivity index (χ1) is 15.8. The van der Waals surface area contributed by atoms with E-state index in [0.29, 0.717) is 28.2 Å². The van der Waals surface area contributed by atoms with E-state index in [9.17, 15) is 19.5 Å². The van der Waals surface area contributed by atoms with Gasteiger partial charge in [-0.15, -0.1) is 0 Å². The molecule has 3 aromatic rings. The fourth-order valence-corrected chi connectivity index (χ4v) is 4.77. The van der Waals surface area contributed by atoms with Gasteiger partial charge in [0, 0.05) is 16.5 Å². The molecule has 0 saturated carbocycles. The Morgan fingerprint density at radius 3 is 2.79 bits per heavy atom. The van der Waals surface area contributed by atoms with Crippen molar-refractivity contribution in [2.45, 2.75) is 38.0 Å². The van der Waals surface area contributed by atoms with E-state index in [-0.39, 0.29) is 30.6 Å². The van der Waals surface area contributed by atoms with Crippen LogP contribution in [-0.2, 0) is 31.3 Å². The standard InChI is InChI=1S/C24H22N2O7/c1-4-24(30)15-9-18-21-13(8-12-16(25-21)6-5-7-19(12)31-2)17(10-20(27)32-3)26(18)22(28)14(15)11-33-23(24)29/h5-9,17,30H,4,10-11H2,1-3H3/t17?,24-/m0/s1. The third-order valence-corrected chi connectivity index (χ3v) is 6.55. The number of aliphatic hydroxyl groups is 1. The van der Waals surface area contributed by atoms with Crippen molar-refractivity contribution < 1.29 is 28.9 Å². The predicted octanol–water partition coefficient (Wildman–Crippen LogP) is 2.19. The number of nitrogens with zero attached hydrogens (tertiary/aromatic N) is 2. The quantitative estimate of drug-likeness (QED) is 0.601. The summed E-state index contributed by atoms with van der Waals surface area (Å²) in [5, 5.41) is 11.8. The fourth-order valence-electron chi connectivity index (χ4n) is 4.77. The van der Waals surface area contributed by atoms with Crippen molar-refractivity contribution in [3.05, 3.63) is 57.4 Å². The van der Waals surface area contributed by atoms with Crippen LogP contribution in [0.1, 0.15) is 42.5 Å². The second-order valence-electron chi connectivity index (χ2n) is 8.14. The summed E-state index contributed by atoms with van der Waals surface area (Å²) < 4.78 is 17.0. The Kier molecular flexibility index (Phi) is 4.75. The molecule has 9 nitrogen and oxygen atoms in total. The van der Waals surface area contributed by atoms with Crippen LogP contribution in [0.3, 0.4) is 0 Å². The molecule has 9 heteroatoms. The molecule has 0 saturated heterocycles. The van der Waals surface area contributed by atoms with Gasteiger partial charge < -0.3 is 19.3 Å². The summed E-state index contributed by atoms with van der Waals surface area (Å²) in [4.78, 5) is 43.1. The van der Waals surface area contributed by atoms with Gasteiger partial charge in [-0.2, -0.15) is 0 Å². The van der Waals surface area contributed by atoms with Gasteiger partial charge in [0.2, 0.25) is 0 Å². The molecule has 0 fully saturated rings. The molecule has 1 aromatic carbocycles. The van der Waals surface area contributed by atoms with Crippen LogP contribution in [0.4, 0.5) is 0 Å². The summed E-state index contributed by atoms with van der Waals surface area (Å²) in [5.74, 6) is -0.663. The lowest BCUT2D eigenvalue weighted by molar-refractivity contribution is -0.172. The minimum absolute atomic E-state index is 0.0442. The lowest BCUT2D eigenvalue weighted by Gasteiger charge is -2.32. The molecule has 2 aliphatic rings. The Labute approximate surface area is 188 Å². The highest BCUT2D eigenvalue weighted by Gasteiger charge is 2.46. The topological polar surface area (TPSA) is 117 Å². The van der Waals surface area contributed by atoms with Crippen LogP contribution in [0.25, 0.3) is 22.3 Å². The number of hydrogen-bond acceptors (Lipinski definition) is 8. The molecule has 0 amide bonds. The van der Waals surface area contributed by atoms with Gasteiger partial charge in [-0.05, 0) is 30.7 Å². The smallest absolute Gasteiger partial charge is 0.343 e. The SMILES string of the molecule is CC[C@@]1(O)C(=O)OCc2c1cc1n(c2=O)C(CC(=O)OC)c2cc3c(OC)cccc3nc2-1. The van der Waals surface area contributed by atoms with Crippen molar-refractivity contribution in [2.75, 3.05) is 14.2 Å². The summed E-state index contributed by atoms with van der Waals surface area (Å²) >= 11 is 0. The number of pyridine rings is 2. The zero-order valence-electron chi connectivity index (χ0n) is 18.4. The van der Waals surface area contributed by atoms with Crippen LogP contribution in [0.5, 0.6) is 5.75 Å². The Balaban J connectivity index is 1.84. The molecule has 2 aliphatic heterocycles. The summed E-state index contributed by atoms with van der Waals surface area (Å²) in [6.45, 7) is 1.40. The molecule has 5 rings (SSSR count). The number of hydrogen-bond donors (Lipinski definition) is 1. The van der Waals surface area contributed by atoms with Gasteiger partial charge in [-0.25, -0.2) is 9.78 Å². The van der Waals surface area contributed by atoms with E-state index in [1.807, 2.05) is 24.3 Å². The maximum absolute atomic E-state index is 13.6. The Morgan fingerprint density at radius 2 is 2.09 bits per heavy atom. The number of aromatic nitrogens is 2. The van der Waals surface area contributed by atoms with Crippen LogP contribution in [0.2, 0.25) is 0 Å². The number of esters is 2. The van der Waals surface area contributed by atoms with Gasteiger partial charge in [0.25, 0.3) is 5.56 Å². The Morgan fingerprint density at radius 1 is 1.30 bits per heavy atom. The zero-order chi connectivity index (χ0) is 23.5. The first kappa shape index (κ1) is 21.1. The lowest BCUT2D eigenvalue weighted by atomic mass is 9.86. The molecule has 0 bridgehead atoms. The van der Waals surface area contributed by atoms with Crippen molar-refractivity contribution in [2.24, 2.45) is 0 Å². The van der Waals surface area contributed by atoms with Crippen LogP contribution in [0, 0.1) is 0 Å². The molecule has 1 unspecified atom stereocenters. The largest absolute Gasteiger partial charge is 0.496 e. The number of fused-ring (bicyclic) bond motifs is 5. The Bertz CT molecular complexity index is 1390. The van der Waals surface area contributed by atoms with Crippen molar-refractivity contribution in [3.63, 3.8) is 0 Å². The summed E-state index contributed by atoms with van der Waals surface area (Å²) in [5.41, 5.74) is 0.268. The fraction of sp³-hybridized carbons (Fsp3) is 0.333. The van der Waals surface area contributed by atoms with E-state index in [1.54, 1.807) is 20.1 Å². The minimum Gasteiger partial charge on any atom is -0.496 e. The maximum Gasteiger partial charge on any atom is 0.343 e. The van der Waals surface area contributed by atoms with Crippen molar-refractivity contribution in [1.29, 1.82) is 0 Å². The second kappa shape index (κ2) is 7.41. The molecule has 2 aromatic heterocycles. The van der Waals surface area contributed by atoms with Crippen LogP contribution >= 0.6 is 0 Å². The highest BCUT2D eigenvalue weighted by atomic mass is 16.6. The average Bonchev–Trinajstić information content (AvgIpc) is 3.12. The molecule has 0 radical (unpaired) electrons. The van der Waals surface area contributed by atoms with E-state index < -0.39 is 29.1 Å².